The van der Waals surface area contributed by atoms with Crippen molar-refractivity contribution in [3.8, 4) is 5.75 Å². The smallest absolute Gasteiger partial charge is 0.335 e. The molecule has 0 unspecified atom stereocenters. The predicted octanol–water partition coefficient (Wildman–Crippen LogP) is 11.0. The molecule has 2 aromatic rings. The Labute approximate surface area is 275 Å². The van der Waals surface area contributed by atoms with E-state index in [0.717, 1.165) is 25.3 Å². The van der Waals surface area contributed by atoms with Gasteiger partial charge in [0.25, 0.3) is 0 Å². The Hall–Kier alpha value is -2.69. The fraction of sp³-hybridized carbons (Fsp3) is 0.675. The number of nitrogens with zero attached hydrogens (tertiary/aromatic N) is 1. The van der Waals surface area contributed by atoms with Crippen LogP contribution in [0.15, 0.2) is 48.8 Å². The van der Waals surface area contributed by atoms with Gasteiger partial charge in [-0.15, -0.1) is 0 Å². The van der Waals surface area contributed by atoms with Crippen LogP contribution in [0.3, 0.4) is 0 Å². The van der Waals surface area contributed by atoms with Crippen molar-refractivity contribution < 1.29 is 24.4 Å². The van der Waals surface area contributed by atoms with Crippen LogP contribution in [0.2, 0.25) is 0 Å². The Kier molecular flexibility index (Phi) is 25.8. The molecule has 254 valence electrons. The van der Waals surface area contributed by atoms with Gasteiger partial charge in [-0.1, -0.05) is 166 Å². The van der Waals surface area contributed by atoms with Crippen molar-refractivity contribution >= 4 is 11.8 Å². The van der Waals surface area contributed by atoms with Crippen molar-refractivity contribution in [2.45, 2.75) is 174 Å². The van der Waals surface area contributed by atoms with Crippen molar-refractivity contribution in [1.29, 1.82) is 0 Å². The second-order valence-electron chi connectivity index (χ2n) is 12.7. The normalized spacial score (nSPS) is 10.8. The van der Waals surface area contributed by atoms with Crippen molar-refractivity contribution in [2.24, 2.45) is 0 Å². The largest absolute Gasteiger partial charge is 0.872 e. The number of rotatable bonds is 27. The lowest BCUT2D eigenvalue weighted by Crippen LogP contribution is -2.32. The highest BCUT2D eigenvalue weighted by Gasteiger charge is 2.10. The molecular formula is C40H65NO4. The number of carboxylic acid groups (broad SMARTS) is 1. The van der Waals surface area contributed by atoms with Crippen LogP contribution < -0.4 is 9.67 Å². The number of aromatic carboxylic acids is 1. The van der Waals surface area contributed by atoms with E-state index in [1.165, 1.54) is 147 Å². The first kappa shape index (κ1) is 40.3. The number of hydrogen-bond donors (Lipinski definition) is 1. The third-order valence-corrected chi connectivity index (χ3v) is 8.59. The van der Waals surface area contributed by atoms with Crippen molar-refractivity contribution in [3.63, 3.8) is 0 Å². The minimum absolute atomic E-state index is 0.0876. The van der Waals surface area contributed by atoms with E-state index in [9.17, 15) is 14.7 Å². The van der Waals surface area contributed by atoms with Crippen molar-refractivity contribution in [3.05, 3.63) is 59.9 Å². The summed E-state index contributed by atoms with van der Waals surface area (Å²) < 4.78 is 2.29. The first-order valence-corrected chi connectivity index (χ1v) is 18.5. The van der Waals surface area contributed by atoms with Gasteiger partial charge in [0.05, 0.1) is 5.56 Å². The van der Waals surface area contributed by atoms with Crippen molar-refractivity contribution in [2.75, 3.05) is 0 Å². The van der Waals surface area contributed by atoms with E-state index in [-0.39, 0.29) is 11.3 Å². The number of carbonyl (C=O) groups excluding carboxylic acids is 1. The molecule has 0 aliphatic carbocycles. The van der Waals surface area contributed by atoms with E-state index in [2.05, 4.69) is 49.0 Å². The lowest BCUT2D eigenvalue weighted by molar-refractivity contribution is -0.697. The molecule has 5 heteroatoms. The first-order valence-electron chi connectivity index (χ1n) is 18.5. The summed E-state index contributed by atoms with van der Waals surface area (Å²) >= 11 is 0. The van der Waals surface area contributed by atoms with Crippen LogP contribution in [-0.4, -0.2) is 16.9 Å². The molecule has 0 amide bonds. The summed E-state index contributed by atoms with van der Waals surface area (Å²) in [7, 11) is 0. The predicted molar refractivity (Wildman–Crippen MR) is 186 cm³/mol. The molecule has 1 aromatic carbocycles. The maximum atomic E-state index is 12.0. The zero-order chi connectivity index (χ0) is 32.8. The molecule has 1 aromatic heterocycles. The molecule has 1 heterocycles. The monoisotopic (exact) mass is 623 g/mol. The average molecular weight is 624 g/mol. The summed E-state index contributed by atoms with van der Waals surface area (Å²) in [5.74, 6) is -1.93. The highest BCUT2D eigenvalue weighted by atomic mass is 16.4. The summed E-state index contributed by atoms with van der Waals surface area (Å²) in [6, 6.07) is 10.1. The number of Topliss-reactive ketones (excluding diaryl/α,β-unsaturated/α-hetero) is 1. The van der Waals surface area contributed by atoms with E-state index < -0.39 is 11.7 Å². The highest BCUT2D eigenvalue weighted by molar-refractivity contribution is 5.99. The minimum atomic E-state index is -1.28. The average Bonchev–Trinajstić information content (AvgIpc) is 3.05. The first-order chi connectivity index (χ1) is 22.0. The van der Waals surface area contributed by atoms with Gasteiger partial charge in [-0.3, -0.25) is 4.79 Å². The number of aromatic nitrogens is 1. The minimum Gasteiger partial charge on any atom is -0.872 e. The third-order valence-electron chi connectivity index (χ3n) is 8.59. The Morgan fingerprint density at radius 2 is 1.02 bits per heavy atom. The zero-order valence-corrected chi connectivity index (χ0v) is 28.9. The third kappa shape index (κ3) is 22.5. The Balaban J connectivity index is 0.000000450. The fourth-order valence-corrected chi connectivity index (χ4v) is 5.68. The quantitative estimate of drug-likeness (QED) is 0.0610. The van der Waals surface area contributed by atoms with Crippen LogP contribution in [-0.2, 0) is 6.54 Å². The zero-order valence-electron chi connectivity index (χ0n) is 28.9. The SMILES string of the molecule is CCCCCCCCCCCC(=O)c1ccc([O-])c(C(=O)O)c1.CCCCCCCCCCCCCCCC[n+]1ccccc1. The van der Waals surface area contributed by atoms with Gasteiger partial charge in [-0.2, -0.15) is 0 Å². The number of benzene rings is 1. The molecule has 0 atom stereocenters. The van der Waals surface area contributed by atoms with Gasteiger partial charge < -0.3 is 10.2 Å². The number of pyridine rings is 1. The maximum absolute atomic E-state index is 12.0. The molecule has 1 N–H and O–H groups in total. The molecule has 5 nitrogen and oxygen atoms in total. The summed E-state index contributed by atoms with van der Waals surface area (Å²) in [6.07, 6.45) is 35.5. The number of carboxylic acids is 1. The standard InChI is InChI=1S/C21H38N.C19H28O4/c1-2-3-4-5-6-7-8-9-10-11-12-13-14-16-19-22-20-17-15-18-21-22;1-2-3-4-5-6-7-8-9-10-11-17(20)15-12-13-18(21)16(14-15)19(22)23/h15,17-18,20-21H,2-14,16,19H2,1H3;12-14,21H,2-11H2,1H3,(H,22,23)/q+1;/p-1. The van der Waals surface area contributed by atoms with Crippen LogP contribution in [0.1, 0.15) is 189 Å². The number of hydrogen-bond acceptors (Lipinski definition) is 3. The van der Waals surface area contributed by atoms with Crippen LogP contribution in [0.25, 0.3) is 0 Å². The summed E-state index contributed by atoms with van der Waals surface area (Å²) in [5.41, 5.74) is -0.00973. The molecule has 0 radical (unpaired) electrons. The van der Waals surface area contributed by atoms with E-state index in [1.54, 1.807) is 0 Å². The van der Waals surface area contributed by atoms with E-state index in [1.807, 2.05) is 0 Å². The molecular weight excluding hydrogens is 558 g/mol. The molecule has 0 spiro atoms. The van der Waals surface area contributed by atoms with E-state index >= 15 is 0 Å². The summed E-state index contributed by atoms with van der Waals surface area (Å²) in [6.45, 7) is 5.68. The molecule has 45 heavy (non-hydrogen) atoms. The van der Waals surface area contributed by atoms with Crippen LogP contribution in [0.4, 0.5) is 0 Å². The second kappa shape index (κ2) is 28.8. The lowest BCUT2D eigenvalue weighted by atomic mass is 10.0. The van der Waals surface area contributed by atoms with Gasteiger partial charge in [0.2, 0.25) is 0 Å². The molecule has 0 bridgehead atoms. The topological polar surface area (TPSA) is 81.3 Å². The lowest BCUT2D eigenvalue weighted by Gasteiger charge is -2.11. The molecule has 0 saturated carbocycles. The van der Waals surface area contributed by atoms with Gasteiger partial charge >= 0.3 is 5.97 Å². The fourth-order valence-electron chi connectivity index (χ4n) is 5.68. The van der Waals surface area contributed by atoms with E-state index in [4.69, 9.17) is 5.11 Å². The maximum Gasteiger partial charge on any atom is 0.335 e. The number of aryl methyl sites for hydroxylation is 1. The molecule has 2 rings (SSSR count). The van der Waals surface area contributed by atoms with Gasteiger partial charge in [0, 0.05) is 30.5 Å². The molecule has 0 saturated heterocycles. The van der Waals surface area contributed by atoms with Crippen molar-refractivity contribution in [1.82, 2.24) is 0 Å². The van der Waals surface area contributed by atoms with Gasteiger partial charge in [0.1, 0.15) is 6.54 Å². The molecule has 0 fully saturated rings. The number of unbranched alkanes of at least 4 members (excludes halogenated alkanes) is 21. The Morgan fingerprint density at radius 3 is 1.47 bits per heavy atom. The molecule has 0 aliphatic heterocycles. The van der Waals surface area contributed by atoms with E-state index in [0.29, 0.717) is 12.0 Å². The van der Waals surface area contributed by atoms with Crippen LogP contribution in [0, 0.1) is 0 Å². The summed E-state index contributed by atoms with van der Waals surface area (Å²) in [4.78, 5) is 23.0. The Bertz CT molecular complexity index is 991. The second-order valence-corrected chi connectivity index (χ2v) is 12.7. The molecule has 0 aliphatic rings. The van der Waals surface area contributed by atoms with Gasteiger partial charge in [0.15, 0.2) is 18.2 Å². The van der Waals surface area contributed by atoms with Gasteiger partial charge in [-0.25, -0.2) is 9.36 Å². The number of carbonyl (C=O) groups is 2. The van der Waals surface area contributed by atoms with Crippen LogP contribution in [0.5, 0.6) is 5.75 Å². The summed E-state index contributed by atoms with van der Waals surface area (Å²) in [5, 5.41) is 20.3. The highest BCUT2D eigenvalue weighted by Crippen LogP contribution is 2.18. The number of ketones is 1. The van der Waals surface area contributed by atoms with Gasteiger partial charge in [-0.05, 0) is 18.9 Å². The van der Waals surface area contributed by atoms with Crippen LogP contribution >= 0.6 is 0 Å². The Morgan fingerprint density at radius 1 is 0.600 bits per heavy atom.